The van der Waals surface area contributed by atoms with Crippen LogP contribution >= 0.6 is 0 Å². The molecule has 0 unspecified atom stereocenters. The maximum atomic E-state index is 12.1. The van der Waals surface area contributed by atoms with E-state index in [9.17, 15) is 9.59 Å². The van der Waals surface area contributed by atoms with Gasteiger partial charge in [-0.05, 0) is 45.4 Å². The summed E-state index contributed by atoms with van der Waals surface area (Å²) < 4.78 is 5.34. The van der Waals surface area contributed by atoms with Gasteiger partial charge in [0.15, 0.2) is 0 Å². The van der Waals surface area contributed by atoms with E-state index in [-0.39, 0.29) is 5.41 Å². The molecule has 102 valence electrons. The first-order valence-electron chi connectivity index (χ1n) is 6.51. The maximum Gasteiger partial charge on any atom is 0.410 e. The van der Waals surface area contributed by atoms with Gasteiger partial charge < -0.3 is 10.5 Å². The Morgan fingerprint density at radius 3 is 2.33 bits per heavy atom. The van der Waals surface area contributed by atoms with Crippen molar-refractivity contribution in [2.45, 2.75) is 58.1 Å². The first-order chi connectivity index (χ1) is 8.22. The largest absolute Gasteiger partial charge is 0.444 e. The third-order valence-electron chi connectivity index (χ3n) is 3.88. The van der Waals surface area contributed by atoms with Crippen LogP contribution in [0.4, 0.5) is 4.79 Å². The molecule has 2 fully saturated rings. The molecule has 1 aliphatic carbocycles. The minimum atomic E-state index is -0.547. The molecule has 2 N–H and O–H groups in total. The van der Waals surface area contributed by atoms with Crippen LogP contribution in [0.15, 0.2) is 0 Å². The van der Waals surface area contributed by atoms with Crippen molar-refractivity contribution in [1.82, 2.24) is 4.90 Å². The van der Waals surface area contributed by atoms with E-state index in [1.165, 1.54) is 11.3 Å². The van der Waals surface area contributed by atoms with Crippen LogP contribution in [-0.2, 0) is 9.53 Å². The van der Waals surface area contributed by atoms with Crippen LogP contribution in [0.5, 0.6) is 0 Å². The summed E-state index contributed by atoms with van der Waals surface area (Å²) in [5, 5.41) is 0. The van der Waals surface area contributed by atoms with Gasteiger partial charge in [0.1, 0.15) is 11.6 Å². The van der Waals surface area contributed by atoms with Crippen molar-refractivity contribution >= 4 is 12.0 Å². The van der Waals surface area contributed by atoms with Gasteiger partial charge in [-0.3, -0.25) is 9.69 Å². The summed E-state index contributed by atoms with van der Waals surface area (Å²) in [6.07, 6.45) is 3.61. The molecule has 2 amide bonds. The topological polar surface area (TPSA) is 72.6 Å². The zero-order valence-corrected chi connectivity index (χ0v) is 11.4. The predicted molar refractivity (Wildman–Crippen MR) is 66.8 cm³/mol. The number of rotatable bonds is 1. The average molecular weight is 254 g/mol. The van der Waals surface area contributed by atoms with E-state index in [0.29, 0.717) is 13.0 Å². The lowest BCUT2D eigenvalue weighted by Crippen LogP contribution is -2.46. The van der Waals surface area contributed by atoms with Crippen LogP contribution in [0, 0.1) is 5.41 Å². The fourth-order valence-corrected chi connectivity index (χ4v) is 2.86. The molecule has 0 aromatic carbocycles. The molecule has 1 heterocycles. The van der Waals surface area contributed by atoms with Crippen molar-refractivity contribution in [3.63, 3.8) is 0 Å². The van der Waals surface area contributed by atoms with Gasteiger partial charge >= 0.3 is 6.09 Å². The van der Waals surface area contributed by atoms with E-state index in [2.05, 4.69) is 0 Å². The van der Waals surface area contributed by atoms with Gasteiger partial charge in [0, 0.05) is 6.54 Å². The Labute approximate surface area is 108 Å². The van der Waals surface area contributed by atoms with Gasteiger partial charge in [-0.1, -0.05) is 6.42 Å². The lowest BCUT2D eigenvalue weighted by atomic mass is 9.67. The smallest absolute Gasteiger partial charge is 0.410 e. The fraction of sp³-hybridized carbons (Fsp3) is 0.846. The Hall–Kier alpha value is -1.26. The number of ether oxygens (including phenoxy) is 1. The van der Waals surface area contributed by atoms with Crippen molar-refractivity contribution in [2.24, 2.45) is 11.1 Å². The molecule has 2 rings (SSSR count). The zero-order chi connectivity index (χ0) is 13.6. The summed E-state index contributed by atoms with van der Waals surface area (Å²) >= 11 is 0. The van der Waals surface area contributed by atoms with Crippen LogP contribution in [0.2, 0.25) is 0 Å². The van der Waals surface area contributed by atoms with Crippen molar-refractivity contribution < 1.29 is 14.3 Å². The molecule has 1 spiro atoms. The molecule has 0 radical (unpaired) electrons. The number of amides is 2. The van der Waals surface area contributed by atoms with E-state index >= 15 is 0 Å². The van der Waals surface area contributed by atoms with Crippen molar-refractivity contribution in [3.8, 4) is 0 Å². The average Bonchev–Trinajstić information content (AvgIpc) is 2.54. The molecule has 5 nitrogen and oxygen atoms in total. The quantitative estimate of drug-likeness (QED) is 0.773. The first kappa shape index (κ1) is 13.2. The van der Waals surface area contributed by atoms with Crippen LogP contribution < -0.4 is 5.73 Å². The van der Waals surface area contributed by atoms with E-state index in [1.807, 2.05) is 20.8 Å². The number of nitrogens with zero attached hydrogens (tertiary/aromatic N) is 1. The molecule has 0 bridgehead atoms. The fourth-order valence-electron chi connectivity index (χ4n) is 2.86. The zero-order valence-electron chi connectivity index (χ0n) is 11.4. The highest BCUT2D eigenvalue weighted by molar-refractivity contribution is 5.85. The summed E-state index contributed by atoms with van der Waals surface area (Å²) in [7, 11) is 0. The second-order valence-corrected chi connectivity index (χ2v) is 6.58. The van der Waals surface area contributed by atoms with E-state index < -0.39 is 23.6 Å². The molecule has 2 aliphatic rings. The first-order valence-corrected chi connectivity index (χ1v) is 6.51. The number of carbonyl (C=O) groups is 2. The Kier molecular flexibility index (Phi) is 3.03. The molecule has 1 saturated heterocycles. The third-order valence-corrected chi connectivity index (χ3v) is 3.88. The second-order valence-electron chi connectivity index (χ2n) is 6.58. The SMILES string of the molecule is CC(C)(C)OC(=O)N1CC2(CCC2)C[C@@H]1C(N)=O. The van der Waals surface area contributed by atoms with Gasteiger partial charge in [0.2, 0.25) is 5.91 Å². The Balaban J connectivity index is 2.10. The minimum absolute atomic E-state index is 0.122. The Morgan fingerprint density at radius 1 is 1.33 bits per heavy atom. The molecular formula is C13H22N2O3. The highest BCUT2D eigenvalue weighted by Crippen LogP contribution is 2.50. The molecule has 1 atom stereocenters. The van der Waals surface area contributed by atoms with Gasteiger partial charge in [-0.25, -0.2) is 4.79 Å². The lowest BCUT2D eigenvalue weighted by Gasteiger charge is -2.37. The number of nitrogens with two attached hydrogens (primary N) is 1. The van der Waals surface area contributed by atoms with E-state index in [1.54, 1.807) is 0 Å². The molecule has 18 heavy (non-hydrogen) atoms. The minimum Gasteiger partial charge on any atom is -0.444 e. The van der Waals surface area contributed by atoms with Crippen LogP contribution in [0.3, 0.4) is 0 Å². The number of carbonyl (C=O) groups excluding carboxylic acids is 2. The van der Waals surface area contributed by atoms with Crippen molar-refractivity contribution in [1.29, 1.82) is 0 Å². The third kappa shape index (κ3) is 2.44. The van der Waals surface area contributed by atoms with Crippen molar-refractivity contribution in [3.05, 3.63) is 0 Å². The number of likely N-dealkylation sites (tertiary alicyclic amines) is 1. The predicted octanol–water partition coefficient (Wildman–Crippen LogP) is 1.65. The highest BCUT2D eigenvalue weighted by atomic mass is 16.6. The maximum absolute atomic E-state index is 12.1. The second kappa shape index (κ2) is 4.14. The standard InChI is InChI=1S/C13H22N2O3/c1-12(2,3)18-11(17)15-8-13(5-4-6-13)7-9(15)10(14)16/h9H,4-8H2,1-3H3,(H2,14,16)/t9-/m1/s1. The summed E-state index contributed by atoms with van der Waals surface area (Å²) in [6.45, 7) is 6.06. The molecular weight excluding hydrogens is 232 g/mol. The molecule has 0 aromatic heterocycles. The molecule has 1 saturated carbocycles. The number of hydrogen-bond donors (Lipinski definition) is 1. The summed E-state index contributed by atoms with van der Waals surface area (Å²) in [6, 6.07) is -0.500. The normalized spacial score (nSPS) is 25.9. The van der Waals surface area contributed by atoms with Crippen molar-refractivity contribution in [2.75, 3.05) is 6.54 Å². The summed E-state index contributed by atoms with van der Waals surface area (Å²) in [5.74, 6) is -0.426. The highest BCUT2D eigenvalue weighted by Gasteiger charge is 2.51. The van der Waals surface area contributed by atoms with Crippen LogP contribution in [-0.4, -0.2) is 35.1 Å². The van der Waals surface area contributed by atoms with E-state index in [4.69, 9.17) is 10.5 Å². The molecule has 5 heteroatoms. The lowest BCUT2D eigenvalue weighted by molar-refractivity contribution is -0.122. The summed E-state index contributed by atoms with van der Waals surface area (Å²) in [5.41, 5.74) is 4.98. The summed E-state index contributed by atoms with van der Waals surface area (Å²) in [4.78, 5) is 25.1. The number of primary amides is 1. The van der Waals surface area contributed by atoms with Gasteiger partial charge in [-0.2, -0.15) is 0 Å². The van der Waals surface area contributed by atoms with Gasteiger partial charge in [0.25, 0.3) is 0 Å². The Bertz CT molecular complexity index is 369. The van der Waals surface area contributed by atoms with Crippen LogP contribution in [0.25, 0.3) is 0 Å². The number of hydrogen-bond acceptors (Lipinski definition) is 3. The van der Waals surface area contributed by atoms with Crippen LogP contribution in [0.1, 0.15) is 46.5 Å². The molecule has 1 aliphatic heterocycles. The Morgan fingerprint density at radius 2 is 1.94 bits per heavy atom. The van der Waals surface area contributed by atoms with Gasteiger partial charge in [0.05, 0.1) is 0 Å². The molecule has 0 aromatic rings. The van der Waals surface area contributed by atoms with Gasteiger partial charge in [-0.15, -0.1) is 0 Å². The van der Waals surface area contributed by atoms with E-state index in [0.717, 1.165) is 12.8 Å². The monoisotopic (exact) mass is 254 g/mol.